The van der Waals surface area contributed by atoms with E-state index in [0.29, 0.717) is 36.8 Å². The molecule has 2 aromatic rings. The first kappa shape index (κ1) is 18.9. The molecule has 2 N–H and O–H groups in total. The fourth-order valence-electron chi connectivity index (χ4n) is 3.11. The van der Waals surface area contributed by atoms with Gasteiger partial charge in [-0.25, -0.2) is 4.98 Å². The van der Waals surface area contributed by atoms with Crippen molar-refractivity contribution in [2.75, 3.05) is 32.7 Å². The maximum Gasteiger partial charge on any atom is 0.291 e. The third-order valence-corrected chi connectivity index (χ3v) is 4.48. The van der Waals surface area contributed by atoms with Crippen molar-refractivity contribution < 1.29 is 19.1 Å². The summed E-state index contributed by atoms with van der Waals surface area (Å²) in [5.41, 5.74) is 1.78. The zero-order chi connectivity index (χ0) is 19.2. The number of anilines is 1. The Hall–Kier alpha value is -2.87. The van der Waals surface area contributed by atoms with E-state index in [2.05, 4.69) is 15.6 Å². The van der Waals surface area contributed by atoms with E-state index < -0.39 is 0 Å². The fraction of sp³-hybridized carbons (Fsp3) is 0.421. The Balaban J connectivity index is 1.81. The van der Waals surface area contributed by atoms with Gasteiger partial charge in [0.15, 0.2) is 5.82 Å². The van der Waals surface area contributed by atoms with Crippen LogP contribution in [0.4, 0.5) is 5.69 Å². The van der Waals surface area contributed by atoms with E-state index in [9.17, 15) is 9.59 Å². The molecule has 0 aliphatic carbocycles. The number of hydrogen-bond acceptors (Lipinski definition) is 5. The van der Waals surface area contributed by atoms with Crippen LogP contribution < -0.4 is 15.4 Å². The van der Waals surface area contributed by atoms with Gasteiger partial charge in [0.25, 0.3) is 11.8 Å². The zero-order valence-corrected chi connectivity index (χ0v) is 15.6. The van der Waals surface area contributed by atoms with Gasteiger partial charge in [-0.1, -0.05) is 0 Å². The fourth-order valence-corrected chi connectivity index (χ4v) is 3.11. The van der Waals surface area contributed by atoms with Crippen LogP contribution in [0.3, 0.4) is 0 Å². The van der Waals surface area contributed by atoms with Crippen molar-refractivity contribution in [2.45, 2.75) is 25.8 Å². The Labute approximate surface area is 157 Å². The molecular weight excluding hydrogens is 348 g/mol. The summed E-state index contributed by atoms with van der Waals surface area (Å²) in [7, 11) is 3.16. The summed E-state index contributed by atoms with van der Waals surface area (Å²) in [5.74, 6) is 0.360. The van der Waals surface area contributed by atoms with E-state index in [-0.39, 0.29) is 17.6 Å². The lowest BCUT2D eigenvalue weighted by Crippen LogP contribution is -2.28. The van der Waals surface area contributed by atoms with Gasteiger partial charge in [-0.2, -0.15) is 0 Å². The largest absolute Gasteiger partial charge is 0.497 e. The Kier molecular flexibility index (Phi) is 6.08. The second kappa shape index (κ2) is 8.68. The number of ether oxygens (including phenoxy) is 2. The Bertz CT molecular complexity index is 814. The molecule has 0 radical (unpaired) electrons. The lowest BCUT2D eigenvalue weighted by molar-refractivity contribution is 0.0931. The maximum atomic E-state index is 12.8. The molecule has 1 aliphatic heterocycles. The molecule has 0 unspecified atom stereocenters. The first-order chi connectivity index (χ1) is 13.1. The van der Waals surface area contributed by atoms with Crippen molar-refractivity contribution in [1.82, 2.24) is 14.9 Å². The van der Waals surface area contributed by atoms with E-state index in [4.69, 9.17) is 9.47 Å². The molecule has 3 rings (SSSR count). The molecule has 8 heteroatoms. The molecule has 0 fully saturated rings. The lowest BCUT2D eigenvalue weighted by Gasteiger charge is -2.17. The molecule has 0 spiro atoms. The Morgan fingerprint density at radius 3 is 2.63 bits per heavy atom. The van der Waals surface area contributed by atoms with Crippen LogP contribution in [0.15, 0.2) is 24.3 Å². The minimum absolute atomic E-state index is 0.261. The van der Waals surface area contributed by atoms with Crippen molar-refractivity contribution in [2.24, 2.45) is 0 Å². The number of carbonyl (C=O) groups is 2. The minimum Gasteiger partial charge on any atom is -0.497 e. The second-order valence-electron chi connectivity index (χ2n) is 6.27. The number of nitrogens with one attached hydrogen (secondary N) is 2. The quantitative estimate of drug-likeness (QED) is 0.724. The van der Waals surface area contributed by atoms with Crippen LogP contribution in [0, 0.1) is 0 Å². The van der Waals surface area contributed by atoms with Gasteiger partial charge < -0.3 is 24.7 Å². The molecule has 8 nitrogen and oxygen atoms in total. The van der Waals surface area contributed by atoms with Gasteiger partial charge in [0.05, 0.1) is 19.4 Å². The summed E-state index contributed by atoms with van der Waals surface area (Å²) in [6, 6.07) is 7.06. The average molecular weight is 372 g/mol. The number of amides is 2. The first-order valence-corrected chi connectivity index (χ1v) is 8.96. The maximum absolute atomic E-state index is 12.8. The molecule has 0 saturated carbocycles. The van der Waals surface area contributed by atoms with Gasteiger partial charge in [0.1, 0.15) is 11.4 Å². The van der Waals surface area contributed by atoms with Crippen LogP contribution in [0.2, 0.25) is 0 Å². The molecule has 0 bridgehead atoms. The summed E-state index contributed by atoms with van der Waals surface area (Å²) in [6.45, 7) is 1.50. The van der Waals surface area contributed by atoms with E-state index in [1.54, 1.807) is 38.5 Å². The molecule has 1 aromatic carbocycles. The standard InChI is InChI=1S/C19H24N4O4/c1-26-12-10-20-18(24)16-15-5-3-4-11-23(15)17(22-16)19(25)21-13-6-8-14(27-2)9-7-13/h6-9H,3-5,10-12H2,1-2H3,(H,20,24)(H,21,25). The number of fused-ring (bicyclic) bond motifs is 1. The molecule has 1 aliphatic rings. The summed E-state index contributed by atoms with van der Waals surface area (Å²) in [4.78, 5) is 29.6. The summed E-state index contributed by atoms with van der Waals surface area (Å²) >= 11 is 0. The number of nitrogens with zero attached hydrogens (tertiary/aromatic N) is 2. The smallest absolute Gasteiger partial charge is 0.291 e. The van der Waals surface area contributed by atoms with E-state index in [0.717, 1.165) is 25.0 Å². The summed E-state index contributed by atoms with van der Waals surface area (Å²) < 4.78 is 11.9. The highest BCUT2D eigenvalue weighted by Crippen LogP contribution is 2.22. The average Bonchev–Trinajstić information content (AvgIpc) is 3.09. The number of imidazole rings is 1. The van der Waals surface area contributed by atoms with Gasteiger partial charge in [-0.3, -0.25) is 9.59 Å². The van der Waals surface area contributed by atoms with E-state index in [1.165, 1.54) is 0 Å². The third kappa shape index (κ3) is 4.28. The van der Waals surface area contributed by atoms with Gasteiger partial charge in [0.2, 0.25) is 0 Å². The topological polar surface area (TPSA) is 94.5 Å². The lowest BCUT2D eigenvalue weighted by atomic mass is 10.1. The monoisotopic (exact) mass is 372 g/mol. The highest BCUT2D eigenvalue weighted by atomic mass is 16.5. The number of methoxy groups -OCH3 is 2. The normalized spacial score (nSPS) is 13.0. The van der Waals surface area contributed by atoms with Gasteiger partial charge in [-0.05, 0) is 43.5 Å². The van der Waals surface area contributed by atoms with Crippen molar-refractivity contribution in [3.8, 4) is 5.75 Å². The highest BCUT2D eigenvalue weighted by molar-refractivity contribution is 6.03. The number of rotatable bonds is 7. The Morgan fingerprint density at radius 2 is 1.93 bits per heavy atom. The minimum atomic E-state index is -0.334. The molecule has 144 valence electrons. The zero-order valence-electron chi connectivity index (χ0n) is 15.6. The van der Waals surface area contributed by atoms with Crippen molar-refractivity contribution >= 4 is 17.5 Å². The highest BCUT2D eigenvalue weighted by Gasteiger charge is 2.27. The molecule has 0 atom stereocenters. The predicted molar refractivity (Wildman–Crippen MR) is 100 cm³/mol. The molecule has 27 heavy (non-hydrogen) atoms. The van der Waals surface area contributed by atoms with E-state index >= 15 is 0 Å². The second-order valence-corrected chi connectivity index (χ2v) is 6.27. The van der Waals surface area contributed by atoms with Crippen LogP contribution >= 0.6 is 0 Å². The summed E-state index contributed by atoms with van der Waals surface area (Å²) in [6.07, 6.45) is 2.66. The molecular formula is C19H24N4O4. The molecule has 2 heterocycles. The third-order valence-electron chi connectivity index (χ3n) is 4.48. The molecule has 1 aromatic heterocycles. The van der Waals surface area contributed by atoms with Crippen molar-refractivity contribution in [3.05, 3.63) is 41.5 Å². The van der Waals surface area contributed by atoms with Gasteiger partial charge >= 0.3 is 0 Å². The number of carbonyl (C=O) groups excluding carboxylic acids is 2. The van der Waals surface area contributed by atoms with E-state index in [1.807, 2.05) is 4.57 Å². The van der Waals surface area contributed by atoms with Crippen molar-refractivity contribution in [3.63, 3.8) is 0 Å². The van der Waals surface area contributed by atoms with Gasteiger partial charge in [-0.15, -0.1) is 0 Å². The van der Waals surface area contributed by atoms with Crippen molar-refractivity contribution in [1.29, 1.82) is 0 Å². The van der Waals surface area contributed by atoms with Crippen LogP contribution in [-0.2, 0) is 17.7 Å². The van der Waals surface area contributed by atoms with Crippen LogP contribution in [0.25, 0.3) is 0 Å². The molecule has 0 saturated heterocycles. The number of benzene rings is 1. The van der Waals surface area contributed by atoms with Crippen LogP contribution in [0.1, 0.15) is 39.6 Å². The van der Waals surface area contributed by atoms with Crippen LogP contribution in [0.5, 0.6) is 5.75 Å². The Morgan fingerprint density at radius 1 is 1.15 bits per heavy atom. The predicted octanol–water partition coefficient (Wildman–Crippen LogP) is 1.86. The number of aromatic nitrogens is 2. The number of hydrogen-bond donors (Lipinski definition) is 2. The van der Waals surface area contributed by atoms with Crippen LogP contribution in [-0.4, -0.2) is 48.7 Å². The van der Waals surface area contributed by atoms with Gasteiger partial charge in [0, 0.05) is 25.9 Å². The SMILES string of the molecule is COCCNC(=O)c1nc(C(=O)Nc2ccc(OC)cc2)n2c1CCCC2. The first-order valence-electron chi connectivity index (χ1n) is 8.96. The molecule has 2 amide bonds. The summed E-state index contributed by atoms with van der Waals surface area (Å²) in [5, 5.41) is 5.61.